The summed E-state index contributed by atoms with van der Waals surface area (Å²) in [5, 5.41) is 20.0. The van der Waals surface area contributed by atoms with E-state index in [2.05, 4.69) is 0 Å². The minimum atomic E-state index is -5.14. The van der Waals surface area contributed by atoms with Crippen LogP contribution in [0, 0.1) is 0 Å². The average molecular weight is 1200 g/mol. The van der Waals surface area contributed by atoms with Crippen LogP contribution >= 0.6 is 0 Å². The number of hydrogen-bond donors (Lipinski definition) is 7. The Balaban J connectivity index is 1.42. The Bertz CT molecular complexity index is 4000. The number of rotatable bonds is 23. The van der Waals surface area contributed by atoms with Crippen LogP contribution < -0.4 is 9.74 Å². The van der Waals surface area contributed by atoms with E-state index in [0.29, 0.717) is 56.3 Å². The molecule has 0 saturated heterocycles. The van der Waals surface area contributed by atoms with E-state index in [1.807, 2.05) is 4.90 Å². The van der Waals surface area contributed by atoms with Crippen LogP contribution in [0.5, 0.6) is 11.8 Å². The number of methoxy groups -OCH3 is 1. The van der Waals surface area contributed by atoms with Crippen molar-refractivity contribution >= 4 is 95.2 Å². The van der Waals surface area contributed by atoms with Crippen LogP contribution in [0.4, 0.5) is 11.4 Å². The number of likely N-dealkylation sites (N-methyl/N-ethyl adjacent to an activating group) is 1. The van der Waals surface area contributed by atoms with Crippen molar-refractivity contribution in [3.63, 3.8) is 0 Å². The molecule has 29 heteroatoms. The van der Waals surface area contributed by atoms with Gasteiger partial charge in [0.2, 0.25) is 17.4 Å². The second-order valence-electron chi connectivity index (χ2n) is 19.2. The Morgan fingerprint density at radius 2 is 1.25 bits per heavy atom. The highest BCUT2D eigenvalue weighted by Gasteiger charge is 2.50. The lowest BCUT2D eigenvalue weighted by atomic mass is 9.74. The fourth-order valence-electron chi connectivity index (χ4n) is 10.4. The van der Waals surface area contributed by atoms with Crippen molar-refractivity contribution in [1.82, 2.24) is 4.73 Å². The standard InChI is InChI=1S/C50H57N3O21S5/c1-6-51-38-14-12-34-36(27-32(76(60,61)62)29-40(34)78(66,67)68)47(38)49(3,20-8-26-75(57,58)59)42(51)16-10-31(2)11-17-43-50(4,21-23-73-25-24-72-5)48-37-28-33(77(63,64)65)30-41(79(69,70)71)35(37)13-15-39(48)52(43)22-7-9-46(56)74-53-44(54)18-19-45(53)55/h10-19,27-30H,6-9,20-26H2,1-5H3,(H6-,54,55,57,58,59,60,61,62,63,64,65,66,67,68,69,70,71)/p+1. The first-order valence-electron chi connectivity index (χ1n) is 24.1. The van der Waals surface area contributed by atoms with E-state index in [-0.39, 0.29) is 86.6 Å². The molecule has 0 fully saturated rings. The van der Waals surface area contributed by atoms with Crippen molar-refractivity contribution in [2.75, 3.05) is 50.7 Å². The topological polar surface area (TPSA) is 368 Å². The molecule has 0 amide bonds. The van der Waals surface area contributed by atoms with E-state index < -0.39 is 104 Å². The monoisotopic (exact) mass is 1200 g/mol. The van der Waals surface area contributed by atoms with E-state index in [4.69, 9.17) is 14.3 Å². The molecule has 2 aliphatic rings. The fourth-order valence-corrected chi connectivity index (χ4v) is 13.6. The molecule has 2 unspecified atom stereocenters. The highest BCUT2D eigenvalue weighted by Crippen LogP contribution is 2.54. The van der Waals surface area contributed by atoms with E-state index in [1.165, 1.54) is 19.2 Å². The average Bonchev–Trinajstić information content (AvgIpc) is 3.79. The van der Waals surface area contributed by atoms with Gasteiger partial charge in [0.15, 0.2) is 5.71 Å². The molecule has 1 aromatic heterocycles. The number of fused-ring (bicyclic) bond motifs is 6. The third-order valence-electron chi connectivity index (χ3n) is 14.0. The molecular weight excluding hydrogens is 1140 g/mol. The summed E-state index contributed by atoms with van der Waals surface area (Å²) in [5.74, 6) is -2.66. The first-order valence-corrected chi connectivity index (χ1v) is 31.5. The molecule has 7 rings (SSSR count). The van der Waals surface area contributed by atoms with Gasteiger partial charge in [-0.3, -0.25) is 22.8 Å². The zero-order valence-electron chi connectivity index (χ0n) is 43.1. The SMILES string of the molecule is CCN1C(=CC=C(C)C=CC2=[N+](CCCC(=O)On3c(O)ccc3O)c3ccc4c(S(=O)(=O)O)cc(S(=O)(=O)O)cc4c3C2(C)CCOCCOC)C(C)(CCCS(=O)(=O)O)c2c1ccc1c(S(=O)(=O)O)cc(S(=O)(=O)O)cc21. The number of anilines is 1. The maximum atomic E-state index is 13.1. The fraction of sp³-hybridized carbons (Fsp3) is 0.360. The van der Waals surface area contributed by atoms with Gasteiger partial charge in [0.05, 0.1) is 40.6 Å². The predicted molar refractivity (Wildman–Crippen MR) is 287 cm³/mol. The third-order valence-corrected chi connectivity index (χ3v) is 18.2. The Morgan fingerprint density at radius 3 is 1.78 bits per heavy atom. The highest BCUT2D eigenvalue weighted by atomic mass is 32.2. The summed E-state index contributed by atoms with van der Waals surface area (Å²) in [7, 11) is -23.5. The largest absolute Gasteiger partial charge is 0.492 e. The normalized spacial score (nSPS) is 18.9. The quantitative estimate of drug-likeness (QED) is 0.0173. The van der Waals surface area contributed by atoms with Gasteiger partial charge in [-0.15, -0.1) is 4.73 Å². The minimum absolute atomic E-state index is 0.00551. The Kier molecular flexibility index (Phi) is 17.2. The van der Waals surface area contributed by atoms with Gasteiger partial charge in [-0.2, -0.15) is 46.7 Å². The lowest BCUT2D eigenvalue weighted by Crippen LogP contribution is -2.33. The molecule has 0 spiro atoms. The molecule has 79 heavy (non-hydrogen) atoms. The molecular formula is C50H58N3O21S5+. The minimum Gasteiger partial charge on any atom is -0.492 e. The molecule has 0 aliphatic carbocycles. The summed E-state index contributed by atoms with van der Waals surface area (Å²) >= 11 is 0. The van der Waals surface area contributed by atoms with Crippen molar-refractivity contribution in [3.8, 4) is 11.8 Å². The van der Waals surface area contributed by atoms with Gasteiger partial charge in [-0.05, 0) is 106 Å². The van der Waals surface area contributed by atoms with Gasteiger partial charge in [0.25, 0.3) is 50.6 Å². The number of allylic oxidation sites excluding steroid dienone is 6. The molecule has 3 heterocycles. The summed E-state index contributed by atoms with van der Waals surface area (Å²) in [6, 6.07) is 11.4. The van der Waals surface area contributed by atoms with Crippen molar-refractivity contribution in [2.24, 2.45) is 0 Å². The molecule has 0 radical (unpaired) electrons. The zero-order valence-corrected chi connectivity index (χ0v) is 47.2. The van der Waals surface area contributed by atoms with Gasteiger partial charge in [-0.25, -0.2) is 4.79 Å². The molecule has 24 nitrogen and oxygen atoms in total. The van der Waals surface area contributed by atoms with Crippen LogP contribution in [-0.2, 0) is 75.7 Å². The van der Waals surface area contributed by atoms with Crippen LogP contribution in [0.2, 0.25) is 0 Å². The van der Waals surface area contributed by atoms with Gasteiger partial charge in [0.1, 0.15) is 16.3 Å². The molecule has 428 valence electrons. The molecule has 2 atom stereocenters. The lowest BCUT2D eigenvalue weighted by Gasteiger charge is -2.30. The second kappa shape index (κ2) is 22.4. The number of carbonyl (C=O) groups excluding carboxylic acids is 1. The summed E-state index contributed by atoms with van der Waals surface area (Å²) in [6.45, 7) is 7.67. The van der Waals surface area contributed by atoms with E-state index in [1.54, 1.807) is 68.7 Å². The Morgan fingerprint density at radius 1 is 0.684 bits per heavy atom. The zero-order chi connectivity index (χ0) is 58.4. The predicted octanol–water partition coefficient (Wildman–Crippen LogP) is 5.89. The van der Waals surface area contributed by atoms with Crippen molar-refractivity contribution in [3.05, 3.63) is 107 Å². The molecule has 0 saturated carbocycles. The Labute approximate surface area is 456 Å². The van der Waals surface area contributed by atoms with Crippen LogP contribution in [0.15, 0.2) is 116 Å². The number of benzene rings is 4. The molecule has 2 aliphatic heterocycles. The van der Waals surface area contributed by atoms with Crippen LogP contribution in [0.1, 0.15) is 70.9 Å². The molecule has 4 aromatic carbocycles. The lowest BCUT2D eigenvalue weighted by molar-refractivity contribution is -0.438. The van der Waals surface area contributed by atoms with Crippen LogP contribution in [0.25, 0.3) is 21.5 Å². The Hall–Kier alpha value is -6.09. The number of ether oxygens (including phenoxy) is 2. The van der Waals surface area contributed by atoms with Crippen molar-refractivity contribution in [1.29, 1.82) is 0 Å². The summed E-state index contributed by atoms with van der Waals surface area (Å²) < 4.78 is 190. The van der Waals surface area contributed by atoms with Gasteiger partial charge in [-0.1, -0.05) is 23.8 Å². The molecule has 0 bridgehead atoms. The summed E-state index contributed by atoms with van der Waals surface area (Å²) in [5.41, 5.74) is 0.457. The first-order chi connectivity index (χ1) is 36.7. The molecule has 7 N–H and O–H groups in total. The number of aromatic hydroxyl groups is 2. The number of nitrogens with zero attached hydrogens (tertiary/aromatic N) is 3. The second-order valence-corrected chi connectivity index (χ2v) is 26.4. The van der Waals surface area contributed by atoms with E-state index >= 15 is 0 Å². The van der Waals surface area contributed by atoms with E-state index in [0.717, 1.165) is 24.3 Å². The number of hydrogen-bond acceptors (Lipinski definition) is 17. The van der Waals surface area contributed by atoms with Crippen molar-refractivity contribution < 1.29 is 98.7 Å². The van der Waals surface area contributed by atoms with Gasteiger partial charge in [0, 0.05) is 84.1 Å². The highest BCUT2D eigenvalue weighted by molar-refractivity contribution is 7.87. The maximum absolute atomic E-state index is 13.1. The van der Waals surface area contributed by atoms with E-state index in [9.17, 15) is 79.9 Å². The van der Waals surface area contributed by atoms with Crippen molar-refractivity contribution in [2.45, 2.75) is 90.2 Å². The van der Waals surface area contributed by atoms with Gasteiger partial charge >= 0.3 is 5.97 Å². The van der Waals surface area contributed by atoms with Crippen LogP contribution in [-0.4, -0.2) is 142 Å². The molecule has 5 aromatic rings. The summed E-state index contributed by atoms with van der Waals surface area (Å²) in [4.78, 5) is 16.8. The van der Waals surface area contributed by atoms with Gasteiger partial charge < -0.3 is 29.4 Å². The summed E-state index contributed by atoms with van der Waals surface area (Å²) in [6.07, 6.45) is 6.51. The number of aromatic nitrogens is 1. The first kappa shape index (κ1) is 60.5. The third kappa shape index (κ3) is 12.6. The number of carbonyl (C=O) groups is 1. The maximum Gasteiger partial charge on any atom is 0.333 e. The van der Waals surface area contributed by atoms with Crippen LogP contribution in [0.3, 0.4) is 0 Å². The smallest absolute Gasteiger partial charge is 0.333 e.